The molecule has 1 aromatic rings. The highest BCUT2D eigenvalue weighted by atomic mass is 19.1. The highest BCUT2D eigenvalue weighted by Gasteiger charge is 2.48. The predicted molar refractivity (Wildman–Crippen MR) is 131 cm³/mol. The molecule has 34 heavy (non-hydrogen) atoms. The van der Waals surface area contributed by atoms with Crippen LogP contribution in [-0.2, 0) is 9.59 Å². The normalized spacial score (nSPS) is 29.6. The van der Waals surface area contributed by atoms with Crippen molar-refractivity contribution in [2.75, 3.05) is 50.7 Å². The van der Waals surface area contributed by atoms with Crippen LogP contribution in [0.25, 0.3) is 0 Å². The van der Waals surface area contributed by atoms with Crippen LogP contribution < -0.4 is 4.90 Å². The molecule has 0 aromatic heterocycles. The van der Waals surface area contributed by atoms with E-state index in [9.17, 15) is 14.0 Å². The maximum atomic E-state index is 13.2. The quantitative estimate of drug-likeness (QED) is 0.662. The Morgan fingerprint density at radius 2 is 1.68 bits per heavy atom. The van der Waals surface area contributed by atoms with Crippen molar-refractivity contribution in [1.82, 2.24) is 14.7 Å². The lowest BCUT2D eigenvalue weighted by Gasteiger charge is -2.57. The van der Waals surface area contributed by atoms with Gasteiger partial charge in [0, 0.05) is 63.8 Å². The fraction of sp³-hybridized carbons (Fsp3) is 0.704. The molecule has 0 N–H and O–H groups in total. The average molecular weight is 471 g/mol. The van der Waals surface area contributed by atoms with Gasteiger partial charge in [-0.05, 0) is 87.7 Å². The molecule has 6 nitrogen and oxygen atoms in total. The second-order valence-corrected chi connectivity index (χ2v) is 10.7. The molecule has 4 aliphatic heterocycles. The first-order valence-corrected chi connectivity index (χ1v) is 13.3. The summed E-state index contributed by atoms with van der Waals surface area (Å²) in [5, 5.41) is 0. The van der Waals surface area contributed by atoms with Gasteiger partial charge in [0.2, 0.25) is 11.8 Å². The van der Waals surface area contributed by atoms with E-state index < -0.39 is 0 Å². The number of piperazine rings is 1. The van der Waals surface area contributed by atoms with Crippen LogP contribution in [0.1, 0.15) is 51.9 Å². The van der Waals surface area contributed by atoms with Crippen molar-refractivity contribution >= 4 is 17.5 Å². The van der Waals surface area contributed by atoms with Crippen LogP contribution in [0.15, 0.2) is 24.3 Å². The predicted octanol–water partition coefficient (Wildman–Crippen LogP) is 3.37. The smallest absolute Gasteiger partial charge is 0.222 e. The molecule has 0 spiro atoms. The van der Waals surface area contributed by atoms with Crippen molar-refractivity contribution in [2.24, 2.45) is 11.8 Å². The van der Waals surface area contributed by atoms with Crippen LogP contribution >= 0.6 is 0 Å². The minimum absolute atomic E-state index is 0.203. The monoisotopic (exact) mass is 470 g/mol. The molecule has 7 heteroatoms. The van der Waals surface area contributed by atoms with E-state index >= 15 is 0 Å². The van der Waals surface area contributed by atoms with Gasteiger partial charge in [0.25, 0.3) is 0 Å². The number of piperidine rings is 3. The Kier molecular flexibility index (Phi) is 7.09. The van der Waals surface area contributed by atoms with Crippen LogP contribution in [-0.4, -0.2) is 84.4 Å². The average Bonchev–Trinajstić information content (AvgIpc) is 2.86. The van der Waals surface area contributed by atoms with E-state index in [0.717, 1.165) is 38.2 Å². The fourth-order valence-electron chi connectivity index (χ4n) is 7.21. The van der Waals surface area contributed by atoms with Crippen molar-refractivity contribution in [1.29, 1.82) is 0 Å². The number of benzene rings is 1. The van der Waals surface area contributed by atoms with Gasteiger partial charge in [-0.15, -0.1) is 0 Å². The Morgan fingerprint density at radius 3 is 2.38 bits per heavy atom. The molecular weight excluding hydrogens is 431 g/mol. The van der Waals surface area contributed by atoms with Crippen molar-refractivity contribution in [3.63, 3.8) is 0 Å². The summed E-state index contributed by atoms with van der Waals surface area (Å²) in [6.07, 6.45) is 7.29. The van der Waals surface area contributed by atoms with Gasteiger partial charge in [0.1, 0.15) is 5.82 Å². The van der Waals surface area contributed by atoms with E-state index in [1.807, 2.05) is 4.90 Å². The lowest BCUT2D eigenvalue weighted by atomic mass is 9.69. The molecule has 4 fully saturated rings. The number of carbonyl (C=O) groups is 2. The van der Waals surface area contributed by atoms with Gasteiger partial charge in [-0.2, -0.15) is 0 Å². The highest BCUT2D eigenvalue weighted by Crippen LogP contribution is 2.43. The Labute approximate surface area is 203 Å². The largest absolute Gasteiger partial charge is 0.368 e. The first-order chi connectivity index (χ1) is 16.5. The number of rotatable bonds is 5. The van der Waals surface area contributed by atoms with E-state index in [1.54, 1.807) is 19.1 Å². The Hall–Kier alpha value is -2.15. The summed E-state index contributed by atoms with van der Waals surface area (Å²) in [7, 11) is 0. The molecule has 0 radical (unpaired) electrons. The molecule has 4 atom stereocenters. The fourth-order valence-corrected chi connectivity index (χ4v) is 7.21. The first-order valence-electron chi connectivity index (χ1n) is 13.3. The molecule has 4 heterocycles. The molecule has 4 aliphatic rings. The van der Waals surface area contributed by atoms with Crippen LogP contribution in [0.2, 0.25) is 0 Å². The SMILES string of the molecule is CC(=O)N1C[C@@H]2CCCN3CCC[C@@H]([C@H]23)[C@H]1CCCC(=O)N1CCN(c2ccc(F)cc2)CC1. The molecule has 186 valence electrons. The summed E-state index contributed by atoms with van der Waals surface area (Å²) < 4.78 is 13.2. The molecule has 2 amide bonds. The highest BCUT2D eigenvalue weighted by molar-refractivity contribution is 5.76. The minimum Gasteiger partial charge on any atom is -0.368 e. The zero-order chi connectivity index (χ0) is 23.7. The maximum absolute atomic E-state index is 13.2. The number of amides is 2. The van der Waals surface area contributed by atoms with Crippen LogP contribution in [0.4, 0.5) is 10.1 Å². The lowest BCUT2D eigenvalue weighted by molar-refractivity contribution is -0.144. The topological polar surface area (TPSA) is 47.1 Å². The van der Waals surface area contributed by atoms with Crippen LogP contribution in [0.3, 0.4) is 0 Å². The Balaban J connectivity index is 1.14. The van der Waals surface area contributed by atoms with Crippen molar-refractivity contribution < 1.29 is 14.0 Å². The van der Waals surface area contributed by atoms with Gasteiger partial charge >= 0.3 is 0 Å². The number of halogens is 1. The first kappa shape index (κ1) is 23.6. The molecule has 0 bridgehead atoms. The number of hydrogen-bond acceptors (Lipinski definition) is 4. The summed E-state index contributed by atoms with van der Waals surface area (Å²) in [5.74, 6) is 1.39. The number of carbonyl (C=O) groups excluding carboxylic acids is 2. The standard InChI is InChI=1S/C27H39FN4O2/c1-20(33)32-19-21-5-3-13-31-14-4-6-24(27(21)31)25(32)7-2-8-26(34)30-17-15-29(16-18-30)23-11-9-22(28)10-12-23/h9-12,21,24-25,27H,2-8,13-19H2,1H3/t21-,24+,25+,27-/m0/s1. The summed E-state index contributed by atoms with van der Waals surface area (Å²) in [6.45, 7) is 8.03. The van der Waals surface area contributed by atoms with Gasteiger partial charge in [-0.3, -0.25) is 14.5 Å². The van der Waals surface area contributed by atoms with Gasteiger partial charge in [0.05, 0.1) is 0 Å². The van der Waals surface area contributed by atoms with E-state index in [-0.39, 0.29) is 23.7 Å². The molecule has 1 aromatic carbocycles. The Bertz CT molecular complexity index is 868. The second kappa shape index (κ2) is 10.2. The molecule has 0 saturated carbocycles. The minimum atomic E-state index is -0.223. The Morgan fingerprint density at radius 1 is 0.971 bits per heavy atom. The molecule has 0 unspecified atom stereocenters. The van der Waals surface area contributed by atoms with Gasteiger partial charge in [-0.1, -0.05) is 0 Å². The summed E-state index contributed by atoms with van der Waals surface area (Å²) in [5.41, 5.74) is 1.01. The molecule has 4 saturated heterocycles. The lowest BCUT2D eigenvalue weighted by Crippen LogP contribution is -2.65. The van der Waals surface area contributed by atoms with Crippen molar-refractivity contribution in [3.05, 3.63) is 30.1 Å². The molecule has 0 aliphatic carbocycles. The number of nitrogens with zero attached hydrogens (tertiary/aromatic N) is 4. The van der Waals surface area contributed by atoms with E-state index in [2.05, 4.69) is 14.7 Å². The van der Waals surface area contributed by atoms with Crippen molar-refractivity contribution in [3.8, 4) is 0 Å². The van der Waals surface area contributed by atoms with Gasteiger partial charge in [0.15, 0.2) is 0 Å². The third-order valence-electron chi connectivity index (χ3n) is 8.79. The number of likely N-dealkylation sites (tertiary alicyclic amines) is 1. The third-order valence-corrected chi connectivity index (χ3v) is 8.79. The zero-order valence-corrected chi connectivity index (χ0v) is 20.5. The third kappa shape index (κ3) is 4.81. The second-order valence-electron chi connectivity index (χ2n) is 10.7. The summed E-state index contributed by atoms with van der Waals surface area (Å²) in [4.78, 5) is 34.6. The van der Waals surface area contributed by atoms with Gasteiger partial charge < -0.3 is 14.7 Å². The zero-order valence-electron chi connectivity index (χ0n) is 20.5. The van der Waals surface area contributed by atoms with Gasteiger partial charge in [-0.25, -0.2) is 4.39 Å². The van der Waals surface area contributed by atoms with Crippen LogP contribution in [0, 0.1) is 17.7 Å². The number of anilines is 1. The maximum Gasteiger partial charge on any atom is 0.222 e. The van der Waals surface area contributed by atoms with E-state index in [0.29, 0.717) is 37.4 Å². The molecule has 5 rings (SSSR count). The number of hydrogen-bond donors (Lipinski definition) is 0. The van der Waals surface area contributed by atoms with Crippen molar-refractivity contribution in [2.45, 2.75) is 64.0 Å². The summed E-state index contributed by atoms with van der Waals surface area (Å²) >= 11 is 0. The van der Waals surface area contributed by atoms with E-state index in [4.69, 9.17) is 0 Å². The van der Waals surface area contributed by atoms with Crippen LogP contribution in [0.5, 0.6) is 0 Å². The van der Waals surface area contributed by atoms with E-state index in [1.165, 1.54) is 50.9 Å². The molecular formula is C27H39FN4O2. The summed E-state index contributed by atoms with van der Waals surface area (Å²) in [6, 6.07) is 7.51.